The summed E-state index contributed by atoms with van der Waals surface area (Å²) in [5.41, 5.74) is 0. The summed E-state index contributed by atoms with van der Waals surface area (Å²) in [6, 6.07) is -1.00. The summed E-state index contributed by atoms with van der Waals surface area (Å²) in [6.07, 6.45) is 52.2. The fraction of sp³-hybridized carbons (Fsp3) is 0.900. The summed E-state index contributed by atoms with van der Waals surface area (Å²) in [6.45, 7) is 4.06. The zero-order valence-corrected chi connectivity index (χ0v) is 37.4. The molecule has 0 aliphatic carbocycles. The smallest absolute Gasteiger partial charge is 0.249 e. The Kier molecular flexibility index (Phi) is 43.9. The van der Waals surface area contributed by atoms with E-state index in [1.807, 2.05) is 0 Å². The molecule has 6 heteroatoms. The lowest BCUT2D eigenvalue weighted by atomic mass is 10.00. The number of rotatable bonds is 45. The molecule has 1 amide bonds. The Bertz CT molecular complexity index is 847. The molecule has 0 aromatic carbocycles. The number of aliphatic hydroxyl groups excluding tert-OH is 4. The van der Waals surface area contributed by atoms with Crippen LogP contribution in [0.3, 0.4) is 0 Å². The minimum atomic E-state index is -1.28. The minimum absolute atomic E-state index is 0.357. The van der Waals surface area contributed by atoms with Crippen molar-refractivity contribution in [2.45, 2.75) is 282 Å². The van der Waals surface area contributed by atoms with Crippen LogP contribution < -0.4 is 5.32 Å². The van der Waals surface area contributed by atoms with Crippen LogP contribution in [0.25, 0.3) is 0 Å². The highest BCUT2D eigenvalue weighted by Gasteiger charge is 2.28. The molecular weight excluding hydrogens is 695 g/mol. The third-order valence-corrected chi connectivity index (χ3v) is 11.6. The van der Waals surface area contributed by atoms with E-state index >= 15 is 0 Å². The highest BCUT2D eigenvalue weighted by molar-refractivity contribution is 5.80. The van der Waals surface area contributed by atoms with Gasteiger partial charge in [-0.25, -0.2) is 0 Å². The molecule has 4 unspecified atom stereocenters. The first-order valence-corrected chi connectivity index (χ1v) is 24.7. The van der Waals surface area contributed by atoms with Gasteiger partial charge >= 0.3 is 0 Å². The Balaban J connectivity index is 3.72. The van der Waals surface area contributed by atoms with E-state index in [-0.39, 0.29) is 0 Å². The standard InChI is InChI=1S/C50H97NO5/c1-3-5-7-9-11-13-15-17-19-21-23-24-25-26-28-30-32-34-36-38-40-42-44-48(54)50(56)51-46(45-52)49(55)47(53)43-41-39-37-35-33-31-29-27-22-20-18-16-14-12-10-8-6-4-2/h26,28,35,37,46-49,52-55H,3-25,27,29-34,36,38-45H2,1-2H3,(H,51,56)/b28-26-,37-35+. The fourth-order valence-electron chi connectivity index (χ4n) is 7.69. The van der Waals surface area contributed by atoms with Gasteiger partial charge in [0.15, 0.2) is 0 Å². The van der Waals surface area contributed by atoms with Gasteiger partial charge in [-0.3, -0.25) is 4.79 Å². The van der Waals surface area contributed by atoms with Crippen LogP contribution in [0.2, 0.25) is 0 Å². The van der Waals surface area contributed by atoms with E-state index in [0.29, 0.717) is 12.8 Å². The van der Waals surface area contributed by atoms with Gasteiger partial charge < -0.3 is 25.7 Å². The zero-order chi connectivity index (χ0) is 41.0. The van der Waals surface area contributed by atoms with Crippen molar-refractivity contribution >= 4 is 5.91 Å². The second kappa shape index (κ2) is 44.9. The van der Waals surface area contributed by atoms with E-state index in [0.717, 1.165) is 44.9 Å². The molecule has 4 atom stereocenters. The van der Waals surface area contributed by atoms with Gasteiger partial charge in [-0.05, 0) is 64.2 Å². The molecule has 0 aliphatic rings. The summed E-state index contributed by atoms with van der Waals surface area (Å²) in [5.74, 6) is -0.596. The molecular formula is C50H97NO5. The number of unbranched alkanes of at least 4 members (excludes halogenated alkanes) is 32. The molecule has 0 heterocycles. The molecule has 332 valence electrons. The van der Waals surface area contributed by atoms with E-state index in [1.54, 1.807) is 0 Å². The maximum atomic E-state index is 12.5. The van der Waals surface area contributed by atoms with Gasteiger partial charge in [0, 0.05) is 0 Å². The van der Waals surface area contributed by atoms with E-state index < -0.39 is 36.9 Å². The summed E-state index contributed by atoms with van der Waals surface area (Å²) in [7, 11) is 0. The summed E-state index contributed by atoms with van der Waals surface area (Å²) >= 11 is 0. The molecule has 5 N–H and O–H groups in total. The van der Waals surface area contributed by atoms with E-state index in [9.17, 15) is 25.2 Å². The lowest BCUT2D eigenvalue weighted by molar-refractivity contribution is -0.132. The van der Waals surface area contributed by atoms with Crippen molar-refractivity contribution in [3.8, 4) is 0 Å². The van der Waals surface area contributed by atoms with Gasteiger partial charge in [-0.1, -0.05) is 218 Å². The van der Waals surface area contributed by atoms with Gasteiger partial charge in [-0.15, -0.1) is 0 Å². The third-order valence-electron chi connectivity index (χ3n) is 11.6. The summed E-state index contributed by atoms with van der Waals surface area (Å²) < 4.78 is 0. The number of amides is 1. The van der Waals surface area contributed by atoms with Crippen molar-refractivity contribution in [3.63, 3.8) is 0 Å². The maximum Gasteiger partial charge on any atom is 0.249 e. The van der Waals surface area contributed by atoms with Crippen molar-refractivity contribution in [2.75, 3.05) is 6.61 Å². The molecule has 0 fully saturated rings. The van der Waals surface area contributed by atoms with Crippen molar-refractivity contribution in [1.29, 1.82) is 0 Å². The largest absolute Gasteiger partial charge is 0.394 e. The first kappa shape index (κ1) is 54.8. The SMILES string of the molecule is CCCCCCCCCCCCCC/C=C\CCCCCCCCC(O)C(=O)NC(CO)C(O)C(O)CCC/C=C/CCCCCCCCCCCCCCC. The molecule has 6 nitrogen and oxygen atoms in total. The number of hydrogen-bond donors (Lipinski definition) is 5. The second-order valence-electron chi connectivity index (χ2n) is 17.2. The van der Waals surface area contributed by atoms with Crippen molar-refractivity contribution < 1.29 is 25.2 Å². The Morgan fingerprint density at radius 3 is 1.07 bits per heavy atom. The van der Waals surface area contributed by atoms with Crippen molar-refractivity contribution in [1.82, 2.24) is 5.32 Å². The number of aliphatic hydroxyl groups is 4. The predicted molar refractivity (Wildman–Crippen MR) is 242 cm³/mol. The molecule has 0 saturated heterocycles. The van der Waals surface area contributed by atoms with Crippen molar-refractivity contribution in [2.24, 2.45) is 0 Å². The second-order valence-corrected chi connectivity index (χ2v) is 17.2. The van der Waals surface area contributed by atoms with Crippen LogP contribution in [0.5, 0.6) is 0 Å². The van der Waals surface area contributed by atoms with Crippen LogP contribution in [-0.2, 0) is 4.79 Å². The minimum Gasteiger partial charge on any atom is -0.394 e. The number of allylic oxidation sites excluding steroid dienone is 4. The van der Waals surface area contributed by atoms with Crippen LogP contribution in [0.1, 0.15) is 258 Å². The zero-order valence-electron chi connectivity index (χ0n) is 37.4. The third kappa shape index (κ3) is 38.3. The van der Waals surface area contributed by atoms with Gasteiger partial charge in [0.2, 0.25) is 5.91 Å². The molecule has 0 aromatic heterocycles. The Morgan fingerprint density at radius 2 is 0.732 bits per heavy atom. The van der Waals surface area contributed by atoms with E-state index in [1.165, 1.54) is 186 Å². The topological polar surface area (TPSA) is 110 Å². The van der Waals surface area contributed by atoms with Crippen LogP contribution >= 0.6 is 0 Å². The molecule has 0 aliphatic heterocycles. The Morgan fingerprint density at radius 1 is 0.429 bits per heavy atom. The van der Waals surface area contributed by atoms with E-state index in [2.05, 4.69) is 43.5 Å². The van der Waals surface area contributed by atoms with Crippen LogP contribution in [0.4, 0.5) is 0 Å². The van der Waals surface area contributed by atoms with Gasteiger partial charge in [0.25, 0.3) is 0 Å². The molecule has 0 saturated carbocycles. The quantitative estimate of drug-likeness (QED) is 0.0312. The normalized spacial score (nSPS) is 14.2. The number of hydrogen-bond acceptors (Lipinski definition) is 5. The fourth-order valence-corrected chi connectivity index (χ4v) is 7.69. The first-order chi connectivity index (χ1) is 27.5. The summed E-state index contributed by atoms with van der Waals surface area (Å²) in [4.78, 5) is 12.5. The Hall–Kier alpha value is -1.21. The number of nitrogens with one attached hydrogen (secondary N) is 1. The molecule has 0 radical (unpaired) electrons. The molecule has 0 rings (SSSR count). The predicted octanol–water partition coefficient (Wildman–Crippen LogP) is 13.5. The van der Waals surface area contributed by atoms with Gasteiger partial charge in [0.1, 0.15) is 12.2 Å². The van der Waals surface area contributed by atoms with Crippen molar-refractivity contribution in [3.05, 3.63) is 24.3 Å². The number of carbonyl (C=O) groups excluding carboxylic acids is 1. The highest BCUT2D eigenvalue weighted by atomic mass is 16.3. The Labute approximate surface area is 348 Å². The molecule has 0 aromatic rings. The molecule has 0 bridgehead atoms. The lowest BCUT2D eigenvalue weighted by Crippen LogP contribution is -2.53. The van der Waals surface area contributed by atoms with Crippen LogP contribution in [0.15, 0.2) is 24.3 Å². The van der Waals surface area contributed by atoms with Crippen LogP contribution in [-0.4, -0.2) is 57.3 Å². The van der Waals surface area contributed by atoms with Gasteiger partial charge in [0.05, 0.1) is 18.8 Å². The maximum absolute atomic E-state index is 12.5. The average molecular weight is 792 g/mol. The van der Waals surface area contributed by atoms with E-state index in [4.69, 9.17) is 0 Å². The average Bonchev–Trinajstić information content (AvgIpc) is 3.20. The molecule has 0 spiro atoms. The highest BCUT2D eigenvalue weighted by Crippen LogP contribution is 2.16. The van der Waals surface area contributed by atoms with Gasteiger partial charge in [-0.2, -0.15) is 0 Å². The number of carbonyl (C=O) groups is 1. The molecule has 56 heavy (non-hydrogen) atoms. The summed E-state index contributed by atoms with van der Waals surface area (Å²) in [5, 5.41) is 43.8. The lowest BCUT2D eigenvalue weighted by Gasteiger charge is -2.27. The monoisotopic (exact) mass is 792 g/mol. The first-order valence-electron chi connectivity index (χ1n) is 24.7. The van der Waals surface area contributed by atoms with Crippen LogP contribution in [0, 0.1) is 0 Å².